The van der Waals surface area contributed by atoms with Gasteiger partial charge in [0.2, 0.25) is 0 Å². The van der Waals surface area contributed by atoms with Gasteiger partial charge in [0.25, 0.3) is 0 Å². The van der Waals surface area contributed by atoms with Crippen molar-refractivity contribution in [3.05, 3.63) is 47.9 Å². The lowest BCUT2D eigenvalue weighted by Gasteiger charge is -2.02. The van der Waals surface area contributed by atoms with Crippen molar-refractivity contribution >= 4 is 5.69 Å². The van der Waals surface area contributed by atoms with Gasteiger partial charge < -0.3 is 5.73 Å². The largest absolute Gasteiger partial charge is 0.396 e. The molecule has 0 atom stereocenters. The van der Waals surface area contributed by atoms with Crippen LogP contribution in [-0.2, 0) is 0 Å². The Balaban J connectivity index is 2.43. The Labute approximate surface area is 92.0 Å². The van der Waals surface area contributed by atoms with Crippen molar-refractivity contribution in [2.45, 2.75) is 0 Å². The van der Waals surface area contributed by atoms with E-state index >= 15 is 0 Å². The molecule has 0 bridgehead atoms. The van der Waals surface area contributed by atoms with Crippen molar-refractivity contribution in [1.82, 2.24) is 4.98 Å². The van der Waals surface area contributed by atoms with Crippen LogP contribution in [0.25, 0.3) is 11.3 Å². The summed E-state index contributed by atoms with van der Waals surface area (Å²) in [5, 5.41) is 8.61. The van der Waals surface area contributed by atoms with Gasteiger partial charge in [-0.05, 0) is 24.3 Å². The molecule has 0 unspecified atom stereocenters. The van der Waals surface area contributed by atoms with E-state index in [1.54, 1.807) is 18.2 Å². The molecule has 3 nitrogen and oxygen atoms in total. The Bertz CT molecular complexity index is 555. The van der Waals surface area contributed by atoms with E-state index in [2.05, 4.69) is 4.98 Å². The molecule has 1 heterocycles. The second kappa shape index (κ2) is 3.99. The van der Waals surface area contributed by atoms with Gasteiger partial charge in [-0.25, -0.2) is 4.39 Å². The van der Waals surface area contributed by atoms with Crippen LogP contribution in [0.15, 0.2) is 36.5 Å². The average Bonchev–Trinajstić information content (AvgIpc) is 2.33. The molecule has 1 aromatic heterocycles. The number of hydrogen-bond acceptors (Lipinski definition) is 3. The predicted octanol–water partition coefficient (Wildman–Crippen LogP) is 2.34. The minimum atomic E-state index is -0.469. The fraction of sp³-hybridized carbons (Fsp3) is 0. The molecule has 0 saturated carbocycles. The monoisotopic (exact) mass is 213 g/mol. The molecule has 0 fully saturated rings. The quantitative estimate of drug-likeness (QED) is 0.739. The number of anilines is 1. The van der Waals surface area contributed by atoms with Crippen molar-refractivity contribution in [2.75, 3.05) is 5.73 Å². The normalized spacial score (nSPS) is 9.75. The first-order valence-electron chi connectivity index (χ1n) is 4.62. The van der Waals surface area contributed by atoms with Crippen molar-refractivity contribution in [1.29, 1.82) is 5.26 Å². The molecule has 0 saturated heterocycles. The SMILES string of the molecule is N#Cc1ccc(-c2ccc(N)c(F)c2)nc1. The van der Waals surface area contributed by atoms with Gasteiger partial charge in [0.05, 0.1) is 16.9 Å². The van der Waals surface area contributed by atoms with E-state index < -0.39 is 5.82 Å². The van der Waals surface area contributed by atoms with Gasteiger partial charge in [-0.15, -0.1) is 0 Å². The van der Waals surface area contributed by atoms with Crippen molar-refractivity contribution in [3.8, 4) is 17.3 Å². The minimum Gasteiger partial charge on any atom is -0.396 e. The van der Waals surface area contributed by atoms with Crippen molar-refractivity contribution in [3.63, 3.8) is 0 Å². The molecule has 16 heavy (non-hydrogen) atoms. The van der Waals surface area contributed by atoms with E-state index in [0.29, 0.717) is 16.8 Å². The summed E-state index contributed by atoms with van der Waals surface area (Å²) >= 11 is 0. The first-order valence-corrected chi connectivity index (χ1v) is 4.62. The molecule has 0 aliphatic carbocycles. The molecule has 2 N–H and O–H groups in total. The zero-order valence-corrected chi connectivity index (χ0v) is 8.31. The van der Waals surface area contributed by atoms with Gasteiger partial charge in [0.1, 0.15) is 11.9 Å². The third-order valence-corrected chi connectivity index (χ3v) is 2.19. The number of rotatable bonds is 1. The second-order valence-electron chi connectivity index (χ2n) is 3.28. The highest BCUT2D eigenvalue weighted by Gasteiger charge is 2.03. The number of benzene rings is 1. The highest BCUT2D eigenvalue weighted by Crippen LogP contribution is 2.21. The number of aromatic nitrogens is 1. The summed E-state index contributed by atoms with van der Waals surface area (Å²) in [4.78, 5) is 4.06. The summed E-state index contributed by atoms with van der Waals surface area (Å²) in [6.07, 6.45) is 1.45. The molecule has 2 aromatic rings. The van der Waals surface area contributed by atoms with Gasteiger partial charge in [0, 0.05) is 11.8 Å². The molecule has 0 spiro atoms. The maximum Gasteiger partial charge on any atom is 0.146 e. The fourth-order valence-electron chi connectivity index (χ4n) is 1.32. The number of nitriles is 1. The number of pyridine rings is 1. The Morgan fingerprint density at radius 2 is 2.06 bits per heavy atom. The van der Waals surface area contributed by atoms with Crippen LogP contribution in [0.2, 0.25) is 0 Å². The molecule has 0 aliphatic heterocycles. The summed E-state index contributed by atoms with van der Waals surface area (Å²) in [5.41, 5.74) is 7.20. The van der Waals surface area contributed by atoms with Crippen LogP contribution in [0.5, 0.6) is 0 Å². The van der Waals surface area contributed by atoms with E-state index in [4.69, 9.17) is 11.0 Å². The van der Waals surface area contributed by atoms with Crippen molar-refractivity contribution in [2.24, 2.45) is 0 Å². The predicted molar refractivity (Wildman–Crippen MR) is 58.8 cm³/mol. The van der Waals surface area contributed by atoms with Crippen LogP contribution < -0.4 is 5.73 Å². The topological polar surface area (TPSA) is 62.7 Å². The van der Waals surface area contributed by atoms with Crippen LogP contribution in [0, 0.1) is 17.1 Å². The van der Waals surface area contributed by atoms with E-state index in [1.165, 1.54) is 18.3 Å². The lowest BCUT2D eigenvalue weighted by atomic mass is 10.1. The van der Waals surface area contributed by atoms with Gasteiger partial charge in [-0.3, -0.25) is 4.98 Å². The summed E-state index contributed by atoms with van der Waals surface area (Å²) in [6, 6.07) is 9.78. The molecule has 0 aliphatic rings. The first-order chi connectivity index (χ1) is 7.70. The number of halogens is 1. The molecule has 2 rings (SSSR count). The fourth-order valence-corrected chi connectivity index (χ4v) is 1.32. The first kappa shape index (κ1) is 10.1. The molecule has 78 valence electrons. The molecular weight excluding hydrogens is 205 g/mol. The Morgan fingerprint density at radius 1 is 1.25 bits per heavy atom. The van der Waals surface area contributed by atoms with Gasteiger partial charge in [-0.1, -0.05) is 6.07 Å². The molecule has 0 amide bonds. The Morgan fingerprint density at radius 3 is 2.62 bits per heavy atom. The summed E-state index contributed by atoms with van der Waals surface area (Å²) in [5.74, 6) is -0.469. The van der Waals surface area contributed by atoms with Crippen LogP contribution >= 0.6 is 0 Å². The number of hydrogen-bond donors (Lipinski definition) is 1. The Hall–Kier alpha value is -2.41. The van der Waals surface area contributed by atoms with Crippen molar-refractivity contribution < 1.29 is 4.39 Å². The van der Waals surface area contributed by atoms with Crippen LogP contribution in [0.3, 0.4) is 0 Å². The smallest absolute Gasteiger partial charge is 0.146 e. The van der Waals surface area contributed by atoms with E-state index in [-0.39, 0.29) is 5.69 Å². The van der Waals surface area contributed by atoms with E-state index in [9.17, 15) is 4.39 Å². The molecule has 1 aromatic carbocycles. The summed E-state index contributed by atoms with van der Waals surface area (Å²) in [6.45, 7) is 0. The minimum absolute atomic E-state index is 0.109. The lowest BCUT2D eigenvalue weighted by molar-refractivity contribution is 0.633. The second-order valence-corrected chi connectivity index (χ2v) is 3.28. The molecular formula is C12H8FN3. The average molecular weight is 213 g/mol. The lowest BCUT2D eigenvalue weighted by Crippen LogP contribution is -1.91. The summed E-state index contributed by atoms with van der Waals surface area (Å²) in [7, 11) is 0. The third kappa shape index (κ3) is 1.84. The zero-order valence-electron chi connectivity index (χ0n) is 8.31. The number of nitrogens with zero attached hydrogens (tertiary/aromatic N) is 2. The van der Waals surface area contributed by atoms with Gasteiger partial charge >= 0.3 is 0 Å². The van der Waals surface area contributed by atoms with Crippen LogP contribution in [0.1, 0.15) is 5.56 Å². The molecule has 0 radical (unpaired) electrons. The van der Waals surface area contributed by atoms with E-state index in [0.717, 1.165) is 0 Å². The van der Waals surface area contributed by atoms with Gasteiger partial charge in [-0.2, -0.15) is 5.26 Å². The standard InChI is InChI=1S/C12H8FN3/c13-10-5-9(2-3-11(10)15)12-4-1-8(6-14)7-16-12/h1-5,7H,15H2. The maximum absolute atomic E-state index is 13.2. The van der Waals surface area contributed by atoms with E-state index in [1.807, 2.05) is 6.07 Å². The number of nitrogen functional groups attached to an aromatic ring is 1. The Kier molecular flexibility index (Phi) is 2.52. The molecule has 4 heteroatoms. The van der Waals surface area contributed by atoms with Crippen LogP contribution in [-0.4, -0.2) is 4.98 Å². The van der Waals surface area contributed by atoms with Crippen LogP contribution in [0.4, 0.5) is 10.1 Å². The maximum atomic E-state index is 13.2. The summed E-state index contributed by atoms with van der Waals surface area (Å²) < 4.78 is 13.2. The van der Waals surface area contributed by atoms with Gasteiger partial charge in [0.15, 0.2) is 0 Å². The zero-order chi connectivity index (χ0) is 11.5. The highest BCUT2D eigenvalue weighted by atomic mass is 19.1. The highest BCUT2D eigenvalue weighted by molar-refractivity contribution is 5.62. The number of nitrogens with two attached hydrogens (primary N) is 1. The third-order valence-electron chi connectivity index (χ3n) is 2.19.